The fourth-order valence-electron chi connectivity index (χ4n) is 5.88. The second-order valence-electron chi connectivity index (χ2n) is 10.8. The summed E-state index contributed by atoms with van der Waals surface area (Å²) in [6, 6.07) is -1.86. The Morgan fingerprint density at radius 2 is 1.76 bits per heavy atom. The van der Waals surface area contributed by atoms with E-state index in [0.29, 0.717) is 19.3 Å². The van der Waals surface area contributed by atoms with Crippen LogP contribution in [0.1, 0.15) is 77.6 Å². The van der Waals surface area contributed by atoms with Gasteiger partial charge in [-0.3, -0.25) is 14.4 Å². The highest BCUT2D eigenvalue weighted by Gasteiger charge is 2.62. The molecule has 3 fully saturated rings. The molecule has 11 nitrogen and oxygen atoms in total. The average Bonchev–Trinajstić information content (AvgIpc) is 3.19. The number of alkyl carbamates (subject to hydrolysis) is 1. The zero-order valence-corrected chi connectivity index (χ0v) is 22.2. The molecule has 0 unspecified atom stereocenters. The highest BCUT2D eigenvalue weighted by atomic mass is 16.6. The normalized spacial score (nSPS) is 33.1. The van der Waals surface area contributed by atoms with Crippen molar-refractivity contribution in [3.8, 4) is 0 Å². The summed E-state index contributed by atoms with van der Waals surface area (Å²) in [6.45, 7) is 1.29. The molecule has 4 aliphatic rings. The van der Waals surface area contributed by atoms with E-state index in [4.69, 9.17) is 14.2 Å². The quantitative estimate of drug-likeness (QED) is 0.318. The number of carbonyl (C=O) groups excluding carboxylic acids is 5. The summed E-state index contributed by atoms with van der Waals surface area (Å²) in [4.78, 5) is 65.7. The Morgan fingerprint density at radius 3 is 2.47 bits per heavy atom. The standard InChI is InChI=1S/C27H39N3O8/c1-17(31)37-20-14-22-23(32)29-27(25(34)36-2)15-18(27)10-6-4-3-5-7-13-21(24(33)30(22)16-20)28-26(35)38-19-11-8-9-12-19/h6,10,18-22H,3-5,7-9,11-16H2,1-2H3,(H,28,35)(H,29,32)/b10-6-/t18-,20-,21+,22+,27-/m1/s1. The second kappa shape index (κ2) is 12.2. The maximum absolute atomic E-state index is 13.8. The lowest BCUT2D eigenvalue weighted by molar-refractivity contribution is -0.148. The molecule has 2 aliphatic heterocycles. The number of rotatable bonds is 4. The summed E-state index contributed by atoms with van der Waals surface area (Å²) in [7, 11) is 1.28. The summed E-state index contributed by atoms with van der Waals surface area (Å²) in [6.07, 6.45) is 10.2. The number of fused-ring (bicyclic) bond motifs is 2. The third-order valence-electron chi connectivity index (χ3n) is 7.99. The Kier molecular flexibility index (Phi) is 8.94. The maximum Gasteiger partial charge on any atom is 0.408 e. The summed E-state index contributed by atoms with van der Waals surface area (Å²) in [5, 5.41) is 5.59. The summed E-state index contributed by atoms with van der Waals surface area (Å²) < 4.78 is 15.9. The van der Waals surface area contributed by atoms with Gasteiger partial charge in [-0.25, -0.2) is 9.59 Å². The van der Waals surface area contributed by atoms with Gasteiger partial charge in [0.15, 0.2) is 0 Å². The van der Waals surface area contributed by atoms with Gasteiger partial charge >= 0.3 is 18.0 Å². The van der Waals surface area contributed by atoms with Gasteiger partial charge in [0.05, 0.1) is 13.7 Å². The lowest BCUT2D eigenvalue weighted by atomic mass is 10.0. The van der Waals surface area contributed by atoms with Crippen molar-refractivity contribution in [2.75, 3.05) is 13.7 Å². The molecule has 0 aromatic rings. The van der Waals surface area contributed by atoms with Crippen LogP contribution in [0.25, 0.3) is 0 Å². The van der Waals surface area contributed by atoms with Crippen LogP contribution < -0.4 is 10.6 Å². The van der Waals surface area contributed by atoms with Gasteiger partial charge in [0, 0.05) is 19.3 Å². The molecule has 38 heavy (non-hydrogen) atoms. The van der Waals surface area contributed by atoms with Gasteiger partial charge < -0.3 is 29.7 Å². The van der Waals surface area contributed by atoms with Gasteiger partial charge in [-0.2, -0.15) is 0 Å². The van der Waals surface area contributed by atoms with Gasteiger partial charge in [-0.05, 0) is 51.4 Å². The van der Waals surface area contributed by atoms with E-state index >= 15 is 0 Å². The number of nitrogens with zero attached hydrogens (tertiary/aromatic N) is 1. The molecule has 2 aliphatic carbocycles. The molecular weight excluding hydrogens is 494 g/mol. The molecule has 0 spiro atoms. The van der Waals surface area contributed by atoms with Gasteiger partial charge in [-0.15, -0.1) is 0 Å². The van der Waals surface area contributed by atoms with Crippen molar-refractivity contribution in [1.29, 1.82) is 0 Å². The van der Waals surface area contributed by atoms with Crippen LogP contribution in [0.5, 0.6) is 0 Å². The summed E-state index contributed by atoms with van der Waals surface area (Å²) in [5.74, 6) is -2.20. The molecule has 0 radical (unpaired) electrons. The van der Waals surface area contributed by atoms with Crippen molar-refractivity contribution < 1.29 is 38.2 Å². The predicted octanol–water partition coefficient (Wildman–Crippen LogP) is 2.12. The largest absolute Gasteiger partial charge is 0.467 e. The van der Waals surface area contributed by atoms with E-state index in [2.05, 4.69) is 10.6 Å². The smallest absolute Gasteiger partial charge is 0.408 e. The van der Waals surface area contributed by atoms with Crippen molar-refractivity contribution in [3.63, 3.8) is 0 Å². The zero-order chi connectivity index (χ0) is 27.3. The Labute approximate surface area is 223 Å². The third-order valence-corrected chi connectivity index (χ3v) is 7.99. The number of allylic oxidation sites excluding steroid dienone is 1. The van der Waals surface area contributed by atoms with Gasteiger partial charge in [0.25, 0.3) is 0 Å². The van der Waals surface area contributed by atoms with E-state index in [1.54, 1.807) is 0 Å². The van der Waals surface area contributed by atoms with E-state index in [1.165, 1.54) is 18.9 Å². The van der Waals surface area contributed by atoms with Crippen LogP contribution in [-0.4, -0.2) is 78.2 Å². The predicted molar refractivity (Wildman–Crippen MR) is 135 cm³/mol. The van der Waals surface area contributed by atoms with Crippen LogP contribution in [0.2, 0.25) is 0 Å². The summed E-state index contributed by atoms with van der Waals surface area (Å²) >= 11 is 0. The van der Waals surface area contributed by atoms with E-state index in [0.717, 1.165) is 44.9 Å². The lowest BCUT2D eigenvalue weighted by Crippen LogP contribution is -2.56. The topological polar surface area (TPSA) is 140 Å². The third kappa shape index (κ3) is 6.47. The number of hydrogen-bond donors (Lipinski definition) is 2. The number of carbonyl (C=O) groups is 5. The number of esters is 2. The Bertz CT molecular complexity index is 962. The molecule has 4 rings (SSSR count). The fraction of sp³-hybridized carbons (Fsp3) is 0.741. The van der Waals surface area contributed by atoms with Gasteiger partial charge in [0.1, 0.15) is 29.8 Å². The maximum atomic E-state index is 13.8. The van der Waals surface area contributed by atoms with Crippen LogP contribution in [0.3, 0.4) is 0 Å². The number of methoxy groups -OCH3 is 1. The molecule has 3 amide bonds. The molecule has 2 N–H and O–H groups in total. The first-order chi connectivity index (χ1) is 18.2. The van der Waals surface area contributed by atoms with E-state index in [-0.39, 0.29) is 25.0 Å². The van der Waals surface area contributed by atoms with Crippen molar-refractivity contribution in [3.05, 3.63) is 12.2 Å². The molecule has 2 saturated carbocycles. The Hall–Kier alpha value is -3.11. The minimum atomic E-state index is -1.18. The highest BCUT2D eigenvalue weighted by Crippen LogP contribution is 2.46. The number of amides is 3. The number of nitrogens with one attached hydrogen (secondary N) is 2. The molecule has 0 aromatic carbocycles. The van der Waals surface area contributed by atoms with Crippen LogP contribution in [0.15, 0.2) is 12.2 Å². The minimum Gasteiger partial charge on any atom is -0.467 e. The van der Waals surface area contributed by atoms with Crippen LogP contribution in [0.4, 0.5) is 4.79 Å². The molecule has 1 saturated heterocycles. The first kappa shape index (κ1) is 27.9. The SMILES string of the molecule is COC(=O)[C@@]12C[C@H]1/C=C\CCCCC[C@H](NC(=O)OC1CCCC1)C(=O)N1C[C@H](OC(C)=O)C[C@H]1C(=O)N2. The highest BCUT2D eigenvalue weighted by molar-refractivity contribution is 5.96. The van der Waals surface area contributed by atoms with Crippen LogP contribution in [-0.2, 0) is 33.4 Å². The molecule has 210 valence electrons. The van der Waals surface area contributed by atoms with Gasteiger partial charge in [0.2, 0.25) is 11.8 Å². The number of ether oxygens (including phenoxy) is 3. The van der Waals surface area contributed by atoms with E-state index in [1.807, 2.05) is 12.2 Å². The lowest BCUT2D eigenvalue weighted by Gasteiger charge is -2.29. The monoisotopic (exact) mass is 533 g/mol. The zero-order valence-electron chi connectivity index (χ0n) is 22.2. The average molecular weight is 534 g/mol. The Morgan fingerprint density at radius 1 is 1.03 bits per heavy atom. The van der Waals surface area contributed by atoms with Crippen LogP contribution in [0, 0.1) is 5.92 Å². The molecular formula is C27H39N3O8. The van der Waals surface area contributed by atoms with Crippen molar-refractivity contribution >= 4 is 29.8 Å². The first-order valence-corrected chi connectivity index (χ1v) is 13.8. The van der Waals surface area contributed by atoms with Crippen LogP contribution >= 0.6 is 0 Å². The molecule has 2 heterocycles. The van der Waals surface area contributed by atoms with E-state index in [9.17, 15) is 24.0 Å². The first-order valence-electron chi connectivity index (χ1n) is 13.8. The van der Waals surface area contributed by atoms with Crippen molar-refractivity contribution in [1.82, 2.24) is 15.5 Å². The number of hydrogen-bond acceptors (Lipinski definition) is 8. The van der Waals surface area contributed by atoms with Crippen molar-refractivity contribution in [2.24, 2.45) is 5.92 Å². The molecule has 5 atom stereocenters. The van der Waals surface area contributed by atoms with E-state index < -0.39 is 53.6 Å². The second-order valence-corrected chi connectivity index (χ2v) is 10.8. The van der Waals surface area contributed by atoms with Gasteiger partial charge in [-0.1, -0.05) is 25.0 Å². The minimum absolute atomic E-state index is 0.0148. The summed E-state index contributed by atoms with van der Waals surface area (Å²) in [5.41, 5.74) is -1.18. The Balaban J connectivity index is 1.56. The molecule has 11 heteroatoms. The molecule has 0 aromatic heterocycles. The fourth-order valence-corrected chi connectivity index (χ4v) is 5.88. The van der Waals surface area contributed by atoms with Crippen molar-refractivity contribution in [2.45, 2.75) is 107 Å². The molecule has 0 bridgehead atoms.